The van der Waals surface area contributed by atoms with Gasteiger partial charge in [0.1, 0.15) is 26.2 Å². The van der Waals surface area contributed by atoms with E-state index in [-0.39, 0.29) is 11.8 Å². The molecule has 1 fully saturated rings. The van der Waals surface area contributed by atoms with Crippen molar-refractivity contribution in [1.29, 1.82) is 0 Å². The number of carbonyl (C=O) groups is 2. The number of hydrogen-bond donors (Lipinski definition) is 4. The molecule has 0 aromatic heterocycles. The van der Waals surface area contributed by atoms with Crippen molar-refractivity contribution in [3.63, 3.8) is 0 Å². The summed E-state index contributed by atoms with van der Waals surface area (Å²) in [4.78, 5) is 27.5. The molecule has 1 aliphatic heterocycles. The third-order valence-electron chi connectivity index (χ3n) is 6.20. The van der Waals surface area contributed by atoms with Crippen molar-refractivity contribution < 1.29 is 19.4 Å². The van der Waals surface area contributed by atoms with Crippen LogP contribution in [0.5, 0.6) is 0 Å². The van der Waals surface area contributed by atoms with Crippen molar-refractivity contribution in [3.05, 3.63) is 65.2 Å². The molecule has 0 radical (unpaired) electrons. The summed E-state index contributed by atoms with van der Waals surface area (Å²) in [6.45, 7) is 11.4. The van der Waals surface area contributed by atoms with Crippen molar-refractivity contribution in [2.24, 2.45) is 0 Å². The number of piperazine rings is 1. The fourth-order valence-corrected chi connectivity index (χ4v) is 4.19. The summed E-state index contributed by atoms with van der Waals surface area (Å²) in [6, 6.07) is 16.3. The number of aryl methyl sites for hydroxylation is 2. The van der Waals surface area contributed by atoms with Gasteiger partial charge in [-0.15, -0.1) is 0 Å². The maximum absolute atomic E-state index is 12.5. The zero-order valence-electron chi connectivity index (χ0n) is 19.0. The number of nitrogens with one attached hydrogen (secondary N) is 4. The molecule has 2 aromatic carbocycles. The minimum atomic E-state index is 0.0588. The monoisotopic (exact) mass is 424 g/mol. The Labute approximate surface area is 185 Å². The molecule has 1 aliphatic rings. The Hall–Kier alpha value is -2.70. The van der Waals surface area contributed by atoms with Crippen LogP contribution in [0.1, 0.15) is 29.5 Å². The van der Waals surface area contributed by atoms with E-state index in [1.807, 2.05) is 50.2 Å². The Morgan fingerprint density at radius 2 is 1.39 bits per heavy atom. The molecular weight excluding hydrogens is 388 g/mol. The lowest BCUT2D eigenvalue weighted by atomic mass is 10.0. The summed E-state index contributed by atoms with van der Waals surface area (Å²) in [7, 11) is 0. The zero-order chi connectivity index (χ0) is 22.2. The molecule has 0 aliphatic carbocycles. The molecule has 6 heteroatoms. The SMILES string of the molecule is Cc1cccc(C)c1NC(=O)C[NH+]1CC[NH+](CC(=O)NC[C@@H](C)c2ccccc2)CC1. The van der Waals surface area contributed by atoms with Gasteiger partial charge in [0.2, 0.25) is 0 Å². The van der Waals surface area contributed by atoms with Crippen LogP contribution in [0, 0.1) is 13.8 Å². The van der Waals surface area contributed by atoms with E-state index in [0.717, 1.165) is 43.0 Å². The smallest absolute Gasteiger partial charge is 0.279 e. The van der Waals surface area contributed by atoms with Crippen molar-refractivity contribution in [1.82, 2.24) is 5.32 Å². The summed E-state index contributed by atoms with van der Waals surface area (Å²) in [5, 5.41) is 6.16. The summed E-state index contributed by atoms with van der Waals surface area (Å²) in [6.07, 6.45) is 0. The van der Waals surface area contributed by atoms with E-state index >= 15 is 0 Å². The number of anilines is 1. The van der Waals surface area contributed by atoms with Crippen LogP contribution in [-0.2, 0) is 9.59 Å². The maximum atomic E-state index is 12.5. The largest absolute Gasteiger partial charge is 0.351 e. The van der Waals surface area contributed by atoms with Gasteiger partial charge in [0.15, 0.2) is 13.1 Å². The van der Waals surface area contributed by atoms with E-state index in [2.05, 4.69) is 29.7 Å². The molecule has 0 saturated carbocycles. The van der Waals surface area contributed by atoms with Gasteiger partial charge in [-0.3, -0.25) is 9.59 Å². The standard InChI is InChI=1S/C25H34N4O2/c1-19-8-7-9-20(2)25(19)27-24(31)18-29-14-12-28(13-15-29)17-23(30)26-16-21(3)22-10-5-4-6-11-22/h4-11,21H,12-18H2,1-3H3,(H,26,30)(H,27,31)/p+2/t21-/m1/s1. The summed E-state index contributed by atoms with van der Waals surface area (Å²) < 4.78 is 0. The first-order chi connectivity index (χ1) is 14.9. The van der Waals surface area contributed by atoms with Gasteiger partial charge >= 0.3 is 0 Å². The van der Waals surface area contributed by atoms with Crippen molar-refractivity contribution in [2.75, 3.05) is 51.1 Å². The average molecular weight is 425 g/mol. The van der Waals surface area contributed by atoms with Gasteiger partial charge in [0, 0.05) is 12.2 Å². The topological polar surface area (TPSA) is 67.1 Å². The molecule has 0 unspecified atom stereocenters. The molecule has 0 bridgehead atoms. The van der Waals surface area contributed by atoms with Crippen LogP contribution in [0.2, 0.25) is 0 Å². The Bertz CT molecular complexity index is 856. The average Bonchev–Trinajstić information content (AvgIpc) is 2.77. The first-order valence-corrected chi connectivity index (χ1v) is 11.3. The predicted molar refractivity (Wildman–Crippen MR) is 124 cm³/mol. The highest BCUT2D eigenvalue weighted by atomic mass is 16.2. The minimum absolute atomic E-state index is 0.0588. The predicted octanol–water partition coefficient (Wildman–Crippen LogP) is -0.0548. The molecule has 1 atom stereocenters. The van der Waals surface area contributed by atoms with E-state index in [0.29, 0.717) is 25.6 Å². The second-order valence-electron chi connectivity index (χ2n) is 8.78. The highest BCUT2D eigenvalue weighted by molar-refractivity contribution is 5.93. The highest BCUT2D eigenvalue weighted by Crippen LogP contribution is 2.18. The van der Waals surface area contributed by atoms with Crippen LogP contribution in [0.4, 0.5) is 5.69 Å². The van der Waals surface area contributed by atoms with E-state index in [9.17, 15) is 9.59 Å². The van der Waals surface area contributed by atoms with Crippen LogP contribution in [0.25, 0.3) is 0 Å². The first kappa shape index (κ1) is 23.0. The number of carbonyl (C=O) groups excluding carboxylic acids is 2. The van der Waals surface area contributed by atoms with Gasteiger partial charge < -0.3 is 20.4 Å². The zero-order valence-corrected chi connectivity index (χ0v) is 19.0. The quantitative estimate of drug-likeness (QED) is 0.480. The Morgan fingerprint density at radius 3 is 1.97 bits per heavy atom. The number of quaternary nitrogens is 2. The molecule has 166 valence electrons. The summed E-state index contributed by atoms with van der Waals surface area (Å²) in [5.74, 6) is 0.467. The lowest BCUT2D eigenvalue weighted by Gasteiger charge is -2.29. The molecule has 3 rings (SSSR count). The van der Waals surface area contributed by atoms with E-state index < -0.39 is 0 Å². The highest BCUT2D eigenvalue weighted by Gasteiger charge is 2.26. The molecule has 6 nitrogen and oxygen atoms in total. The minimum Gasteiger partial charge on any atom is -0.351 e. The summed E-state index contributed by atoms with van der Waals surface area (Å²) in [5.41, 5.74) is 4.35. The maximum Gasteiger partial charge on any atom is 0.279 e. The molecule has 1 saturated heterocycles. The molecule has 0 spiro atoms. The first-order valence-electron chi connectivity index (χ1n) is 11.3. The van der Waals surface area contributed by atoms with Gasteiger partial charge in [0.25, 0.3) is 11.8 Å². The van der Waals surface area contributed by atoms with Crippen LogP contribution in [0.3, 0.4) is 0 Å². The van der Waals surface area contributed by atoms with Gasteiger partial charge in [-0.2, -0.15) is 0 Å². The number of para-hydroxylation sites is 1. The van der Waals surface area contributed by atoms with Crippen LogP contribution in [-0.4, -0.2) is 57.6 Å². The third kappa shape index (κ3) is 6.91. The van der Waals surface area contributed by atoms with Gasteiger partial charge in [-0.05, 0) is 36.5 Å². The molecule has 2 aromatic rings. The van der Waals surface area contributed by atoms with Crippen LogP contribution >= 0.6 is 0 Å². The Balaban J connectivity index is 1.36. The van der Waals surface area contributed by atoms with E-state index in [1.165, 1.54) is 15.4 Å². The van der Waals surface area contributed by atoms with Gasteiger partial charge in [-0.1, -0.05) is 55.5 Å². The van der Waals surface area contributed by atoms with Crippen LogP contribution < -0.4 is 20.4 Å². The van der Waals surface area contributed by atoms with Crippen molar-refractivity contribution in [2.45, 2.75) is 26.7 Å². The van der Waals surface area contributed by atoms with Gasteiger partial charge in [-0.25, -0.2) is 0 Å². The lowest BCUT2D eigenvalue weighted by molar-refractivity contribution is -1.00. The number of rotatable bonds is 8. The third-order valence-corrected chi connectivity index (χ3v) is 6.20. The molecule has 2 amide bonds. The lowest BCUT2D eigenvalue weighted by Crippen LogP contribution is -3.28. The Kier molecular flexibility index (Phi) is 8.20. The number of benzene rings is 2. The second kappa shape index (κ2) is 11.1. The van der Waals surface area contributed by atoms with Crippen molar-refractivity contribution in [3.8, 4) is 0 Å². The Morgan fingerprint density at radius 1 is 0.839 bits per heavy atom. The second-order valence-corrected chi connectivity index (χ2v) is 8.78. The molecule has 1 heterocycles. The van der Waals surface area contributed by atoms with E-state index in [4.69, 9.17) is 0 Å². The molecule has 4 N–H and O–H groups in total. The summed E-state index contributed by atoms with van der Waals surface area (Å²) >= 11 is 0. The van der Waals surface area contributed by atoms with E-state index in [1.54, 1.807) is 0 Å². The normalized spacial score (nSPS) is 19.5. The fourth-order valence-electron chi connectivity index (χ4n) is 4.19. The van der Waals surface area contributed by atoms with Crippen LogP contribution in [0.15, 0.2) is 48.5 Å². The molecular formula is C25H36N4O2+2. The number of amides is 2. The fraction of sp³-hybridized carbons (Fsp3) is 0.440. The van der Waals surface area contributed by atoms with Crippen molar-refractivity contribution >= 4 is 17.5 Å². The van der Waals surface area contributed by atoms with Gasteiger partial charge in [0.05, 0.1) is 0 Å². The number of hydrogen-bond acceptors (Lipinski definition) is 2. The molecule has 31 heavy (non-hydrogen) atoms.